The summed E-state index contributed by atoms with van der Waals surface area (Å²) in [4.78, 5) is 23.8. The number of aromatic nitrogens is 1. The Morgan fingerprint density at radius 2 is 1.74 bits per heavy atom. The van der Waals surface area contributed by atoms with Crippen LogP contribution < -0.4 is 5.56 Å². The van der Waals surface area contributed by atoms with Crippen molar-refractivity contribution in [2.24, 2.45) is 5.10 Å². The fourth-order valence-corrected chi connectivity index (χ4v) is 2.48. The molecule has 114 valence electrons. The molecule has 0 aliphatic carbocycles. The molecule has 1 heterocycles. The lowest BCUT2D eigenvalue weighted by Gasteiger charge is -2.05. The summed E-state index contributed by atoms with van der Waals surface area (Å²) in [5.74, 6) is -1.10. The number of aromatic carboxylic acids is 1. The summed E-state index contributed by atoms with van der Waals surface area (Å²) in [6.07, 6.45) is 2.75. The molecule has 3 rings (SSSR count). The molecule has 0 fully saturated rings. The van der Waals surface area contributed by atoms with Crippen LogP contribution in [0.3, 0.4) is 0 Å². The Morgan fingerprint density at radius 1 is 1.09 bits per heavy atom. The smallest absolute Gasteiger partial charge is 0.337 e. The minimum absolute atomic E-state index is 0.0353. The first-order valence-corrected chi connectivity index (χ1v) is 7.53. The van der Waals surface area contributed by atoms with Crippen LogP contribution in [0.25, 0.3) is 10.8 Å². The van der Waals surface area contributed by atoms with Gasteiger partial charge in [-0.2, -0.15) is 5.10 Å². The molecule has 6 heteroatoms. The number of halogens is 1. The third-order valence-corrected chi connectivity index (χ3v) is 3.87. The number of carbonyl (C=O) groups is 1. The number of fused-ring (bicyclic) bond motifs is 1. The molecule has 0 atom stereocenters. The lowest BCUT2D eigenvalue weighted by atomic mass is 10.1. The molecule has 0 aliphatic rings. The summed E-state index contributed by atoms with van der Waals surface area (Å²) in [5.41, 5.74) is 0.470. The van der Waals surface area contributed by atoms with Gasteiger partial charge in [0.05, 0.1) is 11.8 Å². The summed E-state index contributed by atoms with van der Waals surface area (Å²) < 4.78 is 1.99. The number of pyridine rings is 1. The van der Waals surface area contributed by atoms with E-state index in [1.165, 1.54) is 12.4 Å². The quantitative estimate of drug-likeness (QED) is 0.718. The molecule has 0 aliphatic heterocycles. The van der Waals surface area contributed by atoms with Crippen LogP contribution in [0.15, 0.2) is 69.1 Å². The normalized spacial score (nSPS) is 11.2. The maximum atomic E-state index is 12.4. The molecule has 0 unspecified atom stereocenters. The van der Waals surface area contributed by atoms with Crippen molar-refractivity contribution in [3.8, 4) is 0 Å². The largest absolute Gasteiger partial charge is 0.478 e. The van der Waals surface area contributed by atoms with E-state index < -0.39 is 5.97 Å². The van der Waals surface area contributed by atoms with Crippen LogP contribution in [0, 0.1) is 0 Å². The highest BCUT2D eigenvalue weighted by atomic mass is 79.9. The van der Waals surface area contributed by atoms with Crippen molar-refractivity contribution in [2.75, 3.05) is 0 Å². The molecule has 0 spiro atoms. The van der Waals surface area contributed by atoms with E-state index >= 15 is 0 Å². The second-order valence-electron chi connectivity index (χ2n) is 4.84. The maximum absolute atomic E-state index is 12.4. The third-order valence-electron chi connectivity index (χ3n) is 3.34. The van der Waals surface area contributed by atoms with Crippen LogP contribution in [0.5, 0.6) is 0 Å². The highest BCUT2D eigenvalue weighted by Crippen LogP contribution is 2.15. The van der Waals surface area contributed by atoms with Gasteiger partial charge in [-0.3, -0.25) is 4.79 Å². The van der Waals surface area contributed by atoms with Crippen LogP contribution in [0.2, 0.25) is 0 Å². The van der Waals surface area contributed by atoms with Gasteiger partial charge in [-0.15, -0.1) is 0 Å². The van der Waals surface area contributed by atoms with Gasteiger partial charge in [0.15, 0.2) is 0 Å². The zero-order valence-corrected chi connectivity index (χ0v) is 13.4. The summed E-state index contributed by atoms with van der Waals surface area (Å²) in [7, 11) is 0. The van der Waals surface area contributed by atoms with E-state index in [2.05, 4.69) is 21.0 Å². The lowest BCUT2D eigenvalue weighted by molar-refractivity contribution is 0.0698. The summed E-state index contributed by atoms with van der Waals surface area (Å²) in [6.45, 7) is 0. The molecule has 23 heavy (non-hydrogen) atoms. The van der Waals surface area contributed by atoms with Crippen LogP contribution in [-0.4, -0.2) is 22.0 Å². The Morgan fingerprint density at radius 3 is 2.39 bits per heavy atom. The minimum atomic E-state index is -1.10. The van der Waals surface area contributed by atoms with Crippen LogP contribution >= 0.6 is 15.9 Å². The number of nitrogens with zero attached hydrogens (tertiary/aromatic N) is 2. The Kier molecular flexibility index (Phi) is 4.08. The fourth-order valence-electron chi connectivity index (χ4n) is 2.21. The molecular weight excluding hydrogens is 360 g/mol. The molecule has 0 saturated heterocycles. The monoisotopic (exact) mass is 370 g/mol. The second-order valence-corrected chi connectivity index (χ2v) is 5.76. The number of rotatable bonds is 3. The first kappa shape index (κ1) is 15.2. The topological polar surface area (TPSA) is 71.7 Å². The Balaban J connectivity index is 2.14. The molecule has 2 aromatic carbocycles. The third kappa shape index (κ3) is 3.07. The van der Waals surface area contributed by atoms with E-state index in [1.807, 2.05) is 24.3 Å². The number of hydrogen-bond acceptors (Lipinski definition) is 3. The van der Waals surface area contributed by atoms with Gasteiger partial charge in [-0.1, -0.05) is 46.3 Å². The SMILES string of the molecule is O=C(O)c1cn(/N=C/c2ccc(Br)cc2)c(=O)c2ccccc12. The number of benzene rings is 2. The Hall–Kier alpha value is -2.73. The van der Waals surface area contributed by atoms with Crippen LogP contribution in [-0.2, 0) is 0 Å². The van der Waals surface area contributed by atoms with Crippen molar-refractivity contribution in [3.05, 3.63) is 80.7 Å². The van der Waals surface area contributed by atoms with E-state index in [0.29, 0.717) is 10.8 Å². The van der Waals surface area contributed by atoms with Gasteiger partial charge in [-0.05, 0) is 23.8 Å². The van der Waals surface area contributed by atoms with Gasteiger partial charge in [-0.25, -0.2) is 9.47 Å². The molecule has 0 saturated carbocycles. The average Bonchev–Trinajstić information content (AvgIpc) is 2.55. The van der Waals surface area contributed by atoms with E-state index in [9.17, 15) is 14.7 Å². The van der Waals surface area contributed by atoms with Crippen molar-refractivity contribution in [1.82, 2.24) is 4.68 Å². The van der Waals surface area contributed by atoms with Gasteiger partial charge in [0, 0.05) is 21.4 Å². The van der Waals surface area contributed by atoms with Gasteiger partial charge >= 0.3 is 5.97 Å². The summed E-state index contributed by atoms with van der Waals surface area (Å²) in [5, 5.41) is 14.2. The number of carboxylic acids is 1. The van der Waals surface area contributed by atoms with Crippen molar-refractivity contribution in [2.45, 2.75) is 0 Å². The molecule has 1 aromatic heterocycles. The van der Waals surface area contributed by atoms with Gasteiger partial charge in [0.1, 0.15) is 0 Å². The van der Waals surface area contributed by atoms with E-state index in [-0.39, 0.29) is 11.1 Å². The zero-order valence-electron chi connectivity index (χ0n) is 11.8. The van der Waals surface area contributed by atoms with Crippen molar-refractivity contribution in [1.29, 1.82) is 0 Å². The predicted molar refractivity (Wildman–Crippen MR) is 92.3 cm³/mol. The Bertz CT molecular complexity index is 975. The van der Waals surface area contributed by atoms with Gasteiger partial charge < -0.3 is 5.11 Å². The summed E-state index contributed by atoms with van der Waals surface area (Å²) >= 11 is 3.34. The molecule has 0 bridgehead atoms. The highest BCUT2D eigenvalue weighted by molar-refractivity contribution is 9.10. The average molecular weight is 371 g/mol. The number of hydrogen-bond donors (Lipinski definition) is 1. The minimum Gasteiger partial charge on any atom is -0.478 e. The van der Waals surface area contributed by atoms with Crippen molar-refractivity contribution in [3.63, 3.8) is 0 Å². The van der Waals surface area contributed by atoms with Crippen molar-refractivity contribution >= 4 is 38.9 Å². The molecular formula is C17H11BrN2O3. The van der Waals surface area contributed by atoms with E-state index in [4.69, 9.17) is 0 Å². The maximum Gasteiger partial charge on any atom is 0.337 e. The second kappa shape index (κ2) is 6.18. The van der Waals surface area contributed by atoms with Gasteiger partial charge in [0.25, 0.3) is 5.56 Å². The standard InChI is InChI=1S/C17H11BrN2O3/c18-12-7-5-11(6-8-12)9-19-20-10-15(17(22)23)13-3-1-2-4-14(13)16(20)21/h1-10H,(H,22,23)/b19-9+. The van der Waals surface area contributed by atoms with Crippen LogP contribution in [0.1, 0.15) is 15.9 Å². The first-order valence-electron chi connectivity index (χ1n) is 6.74. The zero-order chi connectivity index (χ0) is 16.4. The molecule has 1 N–H and O–H groups in total. The molecule has 3 aromatic rings. The van der Waals surface area contributed by atoms with E-state index in [1.54, 1.807) is 24.3 Å². The summed E-state index contributed by atoms with van der Waals surface area (Å²) in [6, 6.07) is 14.0. The molecule has 5 nitrogen and oxygen atoms in total. The van der Waals surface area contributed by atoms with E-state index in [0.717, 1.165) is 14.7 Å². The van der Waals surface area contributed by atoms with Crippen LogP contribution in [0.4, 0.5) is 0 Å². The van der Waals surface area contributed by atoms with Gasteiger partial charge in [0.2, 0.25) is 0 Å². The highest BCUT2D eigenvalue weighted by Gasteiger charge is 2.13. The fraction of sp³-hybridized carbons (Fsp3) is 0. The van der Waals surface area contributed by atoms with Crippen molar-refractivity contribution < 1.29 is 9.90 Å². The molecule has 0 radical (unpaired) electrons. The Labute approximate surface area is 139 Å². The lowest BCUT2D eigenvalue weighted by Crippen LogP contribution is -2.19. The predicted octanol–water partition coefficient (Wildman–Crippen LogP) is 3.34. The molecule has 0 amide bonds. The number of carboxylic acid groups (broad SMARTS) is 1. The first-order chi connectivity index (χ1) is 11.1.